The Hall–Kier alpha value is -2.07. The van der Waals surface area contributed by atoms with E-state index in [0.717, 1.165) is 10.1 Å². The molecule has 1 aromatic carbocycles. The van der Waals surface area contributed by atoms with Crippen LogP contribution in [0.15, 0.2) is 29.8 Å². The molecule has 0 unspecified atom stereocenters. The molecular weight excluding hydrogens is 406 g/mol. The lowest BCUT2D eigenvalue weighted by Crippen LogP contribution is -2.50. The van der Waals surface area contributed by atoms with Crippen LogP contribution in [0.1, 0.15) is 9.67 Å². The van der Waals surface area contributed by atoms with Crippen molar-refractivity contribution < 1.29 is 9.59 Å². The molecule has 0 spiro atoms. The molecule has 140 valence electrons. The Morgan fingerprint density at radius 3 is 2.67 bits per heavy atom. The van der Waals surface area contributed by atoms with Gasteiger partial charge in [-0.2, -0.15) is 0 Å². The van der Waals surface area contributed by atoms with Crippen molar-refractivity contribution in [1.29, 1.82) is 0 Å². The summed E-state index contributed by atoms with van der Waals surface area (Å²) in [5, 5.41) is 12.1. The van der Waals surface area contributed by atoms with E-state index in [1.165, 1.54) is 22.7 Å². The summed E-state index contributed by atoms with van der Waals surface area (Å²) in [6.07, 6.45) is 0. The number of carbonyl (C=O) groups excluding carboxylic acids is 2. The average Bonchev–Trinajstić information content (AvgIpc) is 3.30. The molecule has 3 heterocycles. The molecular formula is C17H16ClN5O2S2. The number of halogens is 1. The Kier molecular flexibility index (Phi) is 5.35. The number of anilines is 1. The topological polar surface area (TPSA) is 78.4 Å². The highest BCUT2D eigenvalue weighted by molar-refractivity contribution is 7.21. The van der Waals surface area contributed by atoms with Crippen molar-refractivity contribution >= 4 is 61.3 Å². The number of aromatic nitrogens is 2. The van der Waals surface area contributed by atoms with Crippen LogP contribution >= 0.6 is 34.3 Å². The maximum Gasteiger partial charge on any atom is 0.265 e. The third kappa shape index (κ3) is 3.96. The zero-order valence-corrected chi connectivity index (χ0v) is 16.6. The first-order valence-corrected chi connectivity index (χ1v) is 10.4. The minimum Gasteiger partial charge on any atom is -0.335 e. The second-order valence-electron chi connectivity index (χ2n) is 6.10. The predicted molar refractivity (Wildman–Crippen MR) is 108 cm³/mol. The maximum atomic E-state index is 12.9. The van der Waals surface area contributed by atoms with E-state index in [-0.39, 0.29) is 18.4 Å². The second-order valence-corrected chi connectivity index (χ2v) is 8.37. The molecule has 0 radical (unpaired) electrons. The second kappa shape index (κ2) is 7.89. The van der Waals surface area contributed by atoms with Crippen molar-refractivity contribution in [1.82, 2.24) is 20.0 Å². The van der Waals surface area contributed by atoms with Crippen molar-refractivity contribution in [3.05, 3.63) is 39.7 Å². The van der Waals surface area contributed by atoms with E-state index in [4.69, 9.17) is 11.6 Å². The first kappa shape index (κ1) is 18.3. The lowest BCUT2D eigenvalue weighted by atomic mass is 10.2. The largest absolute Gasteiger partial charge is 0.335 e. The molecule has 7 nitrogen and oxygen atoms in total. The van der Waals surface area contributed by atoms with E-state index in [1.807, 2.05) is 29.2 Å². The van der Waals surface area contributed by atoms with Gasteiger partial charge < -0.3 is 4.90 Å². The number of nitrogens with one attached hydrogen (secondary N) is 1. The molecule has 1 aliphatic rings. The van der Waals surface area contributed by atoms with Gasteiger partial charge in [0.1, 0.15) is 10.4 Å². The van der Waals surface area contributed by atoms with Crippen molar-refractivity contribution in [3.63, 3.8) is 0 Å². The number of fused-ring (bicyclic) bond motifs is 1. The average molecular weight is 422 g/mol. The fourth-order valence-corrected chi connectivity index (χ4v) is 4.93. The normalized spacial score (nSPS) is 15.2. The molecule has 1 N–H and O–H groups in total. The van der Waals surface area contributed by atoms with Crippen molar-refractivity contribution in [2.24, 2.45) is 0 Å². The van der Waals surface area contributed by atoms with Gasteiger partial charge in [0.25, 0.3) is 5.91 Å². The van der Waals surface area contributed by atoms with Crippen molar-refractivity contribution in [2.45, 2.75) is 0 Å². The number of benzene rings is 1. The summed E-state index contributed by atoms with van der Waals surface area (Å²) < 4.78 is 1.01. The number of hydrogen-bond acceptors (Lipinski definition) is 7. The van der Waals surface area contributed by atoms with Crippen molar-refractivity contribution in [2.75, 3.05) is 38.0 Å². The number of amides is 2. The van der Waals surface area contributed by atoms with Gasteiger partial charge in [-0.3, -0.25) is 19.8 Å². The van der Waals surface area contributed by atoms with Crippen LogP contribution < -0.4 is 5.32 Å². The van der Waals surface area contributed by atoms with Gasteiger partial charge in [-0.05, 0) is 6.07 Å². The molecule has 0 saturated carbocycles. The smallest absolute Gasteiger partial charge is 0.265 e. The molecule has 27 heavy (non-hydrogen) atoms. The van der Waals surface area contributed by atoms with E-state index in [2.05, 4.69) is 15.5 Å². The zero-order chi connectivity index (χ0) is 18.8. The number of thiophene rings is 1. The molecule has 1 fully saturated rings. The van der Waals surface area contributed by atoms with Crippen LogP contribution in [0, 0.1) is 0 Å². The SMILES string of the molecule is O=C(CN1CCN(C(=O)c2sc3ccccc3c2Cl)CC1)Nc1nncs1. The Labute approximate surface area is 168 Å². The number of rotatable bonds is 4. The van der Waals surface area contributed by atoms with Crippen LogP contribution in [0.25, 0.3) is 10.1 Å². The Bertz CT molecular complexity index is 967. The minimum atomic E-state index is -0.126. The van der Waals surface area contributed by atoms with Crippen LogP contribution in [0.4, 0.5) is 5.13 Å². The number of nitrogens with zero attached hydrogens (tertiary/aromatic N) is 4. The fraction of sp³-hybridized carbons (Fsp3) is 0.294. The quantitative estimate of drug-likeness (QED) is 0.700. The lowest BCUT2D eigenvalue weighted by molar-refractivity contribution is -0.117. The zero-order valence-electron chi connectivity index (χ0n) is 14.2. The van der Waals surface area contributed by atoms with E-state index in [9.17, 15) is 9.59 Å². The Morgan fingerprint density at radius 2 is 1.96 bits per heavy atom. The molecule has 1 aliphatic heterocycles. The first-order chi connectivity index (χ1) is 13.1. The minimum absolute atomic E-state index is 0.0424. The van der Waals surface area contributed by atoms with Gasteiger partial charge in [0, 0.05) is 36.3 Å². The summed E-state index contributed by atoms with van der Waals surface area (Å²) in [6, 6.07) is 7.76. The van der Waals surface area contributed by atoms with Gasteiger partial charge >= 0.3 is 0 Å². The fourth-order valence-electron chi connectivity index (χ4n) is 2.99. The third-order valence-electron chi connectivity index (χ3n) is 4.36. The highest BCUT2D eigenvalue weighted by atomic mass is 35.5. The van der Waals surface area contributed by atoms with Crippen LogP contribution in [0.2, 0.25) is 5.02 Å². The summed E-state index contributed by atoms with van der Waals surface area (Å²) >= 11 is 9.13. The van der Waals surface area contributed by atoms with Gasteiger partial charge in [-0.25, -0.2) is 0 Å². The van der Waals surface area contributed by atoms with Crippen LogP contribution in [0.5, 0.6) is 0 Å². The molecule has 0 bridgehead atoms. The maximum absolute atomic E-state index is 12.9. The van der Waals surface area contributed by atoms with E-state index in [0.29, 0.717) is 41.2 Å². The monoisotopic (exact) mass is 421 g/mol. The van der Waals surface area contributed by atoms with Crippen LogP contribution in [-0.4, -0.2) is 64.5 Å². The van der Waals surface area contributed by atoms with Gasteiger partial charge in [0.15, 0.2) is 0 Å². The molecule has 0 aliphatic carbocycles. The summed E-state index contributed by atoms with van der Waals surface area (Å²) in [5.41, 5.74) is 1.57. The molecule has 2 amide bonds. The van der Waals surface area contributed by atoms with Gasteiger partial charge in [0.2, 0.25) is 11.0 Å². The van der Waals surface area contributed by atoms with Crippen LogP contribution in [-0.2, 0) is 4.79 Å². The molecule has 4 rings (SSSR count). The Balaban J connectivity index is 1.35. The van der Waals surface area contributed by atoms with Crippen molar-refractivity contribution in [3.8, 4) is 0 Å². The number of carbonyl (C=O) groups is 2. The molecule has 2 aromatic heterocycles. The molecule has 0 atom stereocenters. The van der Waals surface area contributed by atoms with Gasteiger partial charge in [-0.1, -0.05) is 41.1 Å². The highest BCUT2D eigenvalue weighted by Gasteiger charge is 2.26. The summed E-state index contributed by atoms with van der Waals surface area (Å²) in [5.74, 6) is -0.168. The first-order valence-electron chi connectivity index (χ1n) is 8.36. The summed E-state index contributed by atoms with van der Waals surface area (Å²) in [4.78, 5) is 29.3. The molecule has 3 aromatic rings. The van der Waals surface area contributed by atoms with Crippen LogP contribution in [0.3, 0.4) is 0 Å². The number of hydrogen-bond donors (Lipinski definition) is 1. The van der Waals surface area contributed by atoms with Gasteiger partial charge in [-0.15, -0.1) is 21.5 Å². The van der Waals surface area contributed by atoms with E-state index in [1.54, 1.807) is 10.4 Å². The highest BCUT2D eigenvalue weighted by Crippen LogP contribution is 2.36. The van der Waals surface area contributed by atoms with Gasteiger partial charge in [0.05, 0.1) is 11.6 Å². The summed E-state index contributed by atoms with van der Waals surface area (Å²) in [6.45, 7) is 2.67. The predicted octanol–water partition coefficient (Wildman–Crippen LogP) is 2.80. The van der Waals surface area contributed by atoms with E-state index >= 15 is 0 Å². The standard InChI is InChI=1S/C17H16ClN5O2S2/c18-14-11-3-1-2-4-12(11)27-15(14)16(25)23-7-5-22(6-8-23)9-13(24)20-17-21-19-10-26-17/h1-4,10H,5-9H2,(H,20,21,24). The lowest BCUT2D eigenvalue weighted by Gasteiger charge is -2.34. The van der Waals surface area contributed by atoms with E-state index < -0.39 is 0 Å². The number of piperazine rings is 1. The summed E-state index contributed by atoms with van der Waals surface area (Å²) in [7, 11) is 0. The third-order valence-corrected chi connectivity index (χ3v) is 6.63. The Morgan fingerprint density at radius 1 is 1.19 bits per heavy atom. The molecule has 1 saturated heterocycles. The molecule has 10 heteroatoms.